The van der Waals surface area contributed by atoms with E-state index in [0.717, 1.165) is 21.9 Å². The smallest absolute Gasteiger partial charge is 0.189 e. The highest BCUT2D eigenvalue weighted by Gasteiger charge is 2.04. The molecule has 2 heterocycles. The van der Waals surface area contributed by atoms with E-state index in [1.54, 1.807) is 10.9 Å². The zero-order chi connectivity index (χ0) is 11.7. The van der Waals surface area contributed by atoms with Gasteiger partial charge in [0.25, 0.3) is 0 Å². The Balaban J connectivity index is 2.13. The van der Waals surface area contributed by atoms with Gasteiger partial charge >= 0.3 is 0 Å². The molecule has 0 spiro atoms. The first-order chi connectivity index (χ1) is 8.36. The minimum Gasteiger partial charge on any atom is -0.231 e. The standard InChI is InChI=1S/C12H10N4S/c1-17-12-13-7-6-11(14-12)16-8-9-4-2-3-5-10(9)15-16/h2-8H,1H3. The van der Waals surface area contributed by atoms with E-state index in [-0.39, 0.29) is 0 Å². The second-order valence-corrected chi connectivity index (χ2v) is 4.31. The summed E-state index contributed by atoms with van der Waals surface area (Å²) < 4.78 is 1.78. The van der Waals surface area contributed by atoms with E-state index in [1.807, 2.05) is 42.8 Å². The summed E-state index contributed by atoms with van der Waals surface area (Å²) in [6.45, 7) is 0. The summed E-state index contributed by atoms with van der Waals surface area (Å²) in [5, 5.41) is 6.34. The average Bonchev–Trinajstić information content (AvgIpc) is 2.82. The number of benzene rings is 1. The third kappa shape index (κ3) is 1.89. The van der Waals surface area contributed by atoms with Crippen molar-refractivity contribution in [3.8, 4) is 5.82 Å². The largest absolute Gasteiger partial charge is 0.231 e. The molecule has 0 amide bonds. The molecule has 0 atom stereocenters. The summed E-state index contributed by atoms with van der Waals surface area (Å²) in [6, 6.07) is 9.86. The molecule has 0 aliphatic carbocycles. The van der Waals surface area contributed by atoms with E-state index in [0.29, 0.717) is 0 Å². The minimum atomic E-state index is 0.752. The van der Waals surface area contributed by atoms with E-state index in [9.17, 15) is 0 Å². The van der Waals surface area contributed by atoms with Crippen molar-refractivity contribution in [3.63, 3.8) is 0 Å². The lowest BCUT2D eigenvalue weighted by Gasteiger charge is -2.00. The van der Waals surface area contributed by atoms with E-state index in [4.69, 9.17) is 0 Å². The molecule has 0 aliphatic rings. The molecule has 3 aromatic rings. The van der Waals surface area contributed by atoms with Gasteiger partial charge in [-0.15, -0.1) is 0 Å². The monoisotopic (exact) mass is 242 g/mol. The molecule has 0 fully saturated rings. The molecule has 0 unspecified atom stereocenters. The third-order valence-corrected chi connectivity index (χ3v) is 3.01. The van der Waals surface area contributed by atoms with Gasteiger partial charge in [0.2, 0.25) is 0 Å². The van der Waals surface area contributed by atoms with Gasteiger partial charge in [0.15, 0.2) is 11.0 Å². The van der Waals surface area contributed by atoms with E-state index >= 15 is 0 Å². The topological polar surface area (TPSA) is 43.6 Å². The molecule has 0 aliphatic heterocycles. The number of nitrogens with zero attached hydrogens (tertiary/aromatic N) is 4. The predicted molar refractivity (Wildman–Crippen MR) is 68.4 cm³/mol. The first kappa shape index (κ1) is 10.3. The van der Waals surface area contributed by atoms with Gasteiger partial charge in [0.05, 0.1) is 5.52 Å². The highest BCUT2D eigenvalue weighted by Crippen LogP contribution is 2.15. The minimum absolute atomic E-state index is 0.752. The highest BCUT2D eigenvalue weighted by atomic mass is 32.2. The van der Waals surface area contributed by atoms with Gasteiger partial charge in [0.1, 0.15) is 0 Å². The number of aromatic nitrogens is 4. The molecule has 0 N–H and O–H groups in total. The maximum absolute atomic E-state index is 4.48. The van der Waals surface area contributed by atoms with E-state index in [1.165, 1.54) is 11.8 Å². The van der Waals surface area contributed by atoms with Gasteiger partial charge in [0, 0.05) is 23.8 Å². The fraction of sp³-hybridized carbons (Fsp3) is 0.0833. The normalized spacial score (nSPS) is 10.9. The van der Waals surface area contributed by atoms with Crippen LogP contribution in [0.2, 0.25) is 0 Å². The molecular formula is C12H10N4S. The average molecular weight is 242 g/mol. The number of fused-ring (bicyclic) bond motifs is 1. The van der Waals surface area contributed by atoms with E-state index < -0.39 is 0 Å². The Hall–Kier alpha value is -1.88. The van der Waals surface area contributed by atoms with Crippen molar-refractivity contribution in [2.24, 2.45) is 0 Å². The van der Waals surface area contributed by atoms with Gasteiger partial charge in [-0.1, -0.05) is 30.0 Å². The van der Waals surface area contributed by atoms with Crippen LogP contribution in [-0.4, -0.2) is 26.0 Å². The predicted octanol–water partition coefficient (Wildman–Crippen LogP) is 2.54. The quantitative estimate of drug-likeness (QED) is 0.511. The molecule has 1 aromatic carbocycles. The molecule has 0 radical (unpaired) electrons. The first-order valence-electron chi connectivity index (χ1n) is 5.18. The van der Waals surface area contributed by atoms with Crippen molar-refractivity contribution >= 4 is 22.7 Å². The Labute approximate surface area is 103 Å². The Kier molecular flexibility index (Phi) is 2.53. The van der Waals surface area contributed by atoms with Crippen LogP contribution in [0.1, 0.15) is 0 Å². The van der Waals surface area contributed by atoms with Crippen LogP contribution in [0.5, 0.6) is 0 Å². The van der Waals surface area contributed by atoms with Crippen LogP contribution in [0.15, 0.2) is 47.9 Å². The summed E-state index contributed by atoms with van der Waals surface area (Å²) in [4.78, 5) is 8.56. The Morgan fingerprint density at radius 3 is 2.88 bits per heavy atom. The summed E-state index contributed by atoms with van der Waals surface area (Å²) in [7, 11) is 0. The molecule has 17 heavy (non-hydrogen) atoms. The zero-order valence-electron chi connectivity index (χ0n) is 9.24. The van der Waals surface area contributed by atoms with Gasteiger partial charge in [-0.2, -0.15) is 5.10 Å². The third-order valence-electron chi connectivity index (χ3n) is 2.45. The molecular weight excluding hydrogens is 232 g/mol. The van der Waals surface area contributed by atoms with Crippen LogP contribution in [0.3, 0.4) is 0 Å². The number of hydrogen-bond acceptors (Lipinski definition) is 4. The first-order valence-corrected chi connectivity index (χ1v) is 6.41. The van der Waals surface area contributed by atoms with Crippen molar-refractivity contribution in [1.29, 1.82) is 0 Å². The van der Waals surface area contributed by atoms with Crippen LogP contribution >= 0.6 is 11.8 Å². The fourth-order valence-electron chi connectivity index (χ4n) is 1.64. The van der Waals surface area contributed by atoms with Crippen molar-refractivity contribution in [1.82, 2.24) is 19.7 Å². The Bertz CT molecular complexity index is 629. The number of rotatable bonds is 2. The molecule has 0 saturated carbocycles. The number of hydrogen-bond donors (Lipinski definition) is 0. The summed E-state index contributed by atoms with van der Waals surface area (Å²) >= 11 is 1.52. The van der Waals surface area contributed by atoms with Crippen LogP contribution in [-0.2, 0) is 0 Å². The lowest BCUT2D eigenvalue weighted by Crippen LogP contribution is -1.99. The number of thioether (sulfide) groups is 1. The molecule has 2 aromatic heterocycles. The molecule has 84 valence electrons. The molecule has 3 rings (SSSR count). The van der Waals surface area contributed by atoms with Crippen molar-refractivity contribution in [3.05, 3.63) is 42.7 Å². The molecule has 0 saturated heterocycles. The van der Waals surface area contributed by atoms with Crippen molar-refractivity contribution in [2.45, 2.75) is 5.16 Å². The summed E-state index contributed by atoms with van der Waals surface area (Å²) in [5.41, 5.74) is 0.969. The van der Waals surface area contributed by atoms with Crippen LogP contribution in [0.25, 0.3) is 16.7 Å². The van der Waals surface area contributed by atoms with Crippen molar-refractivity contribution < 1.29 is 0 Å². The van der Waals surface area contributed by atoms with Crippen LogP contribution in [0.4, 0.5) is 0 Å². The second kappa shape index (κ2) is 4.18. The molecule has 4 nitrogen and oxygen atoms in total. The van der Waals surface area contributed by atoms with Gasteiger partial charge < -0.3 is 0 Å². The Morgan fingerprint density at radius 1 is 1.18 bits per heavy atom. The van der Waals surface area contributed by atoms with Gasteiger partial charge in [-0.25, -0.2) is 14.6 Å². The summed E-state index contributed by atoms with van der Waals surface area (Å²) in [6.07, 6.45) is 5.68. The SMILES string of the molecule is CSc1nccc(-n2cc3ccccc3n2)n1. The lowest BCUT2D eigenvalue weighted by molar-refractivity contribution is 0.816. The highest BCUT2D eigenvalue weighted by molar-refractivity contribution is 7.98. The Morgan fingerprint density at radius 2 is 2.06 bits per heavy atom. The maximum Gasteiger partial charge on any atom is 0.189 e. The van der Waals surface area contributed by atoms with Gasteiger partial charge in [-0.3, -0.25) is 0 Å². The maximum atomic E-state index is 4.48. The molecule has 5 heteroatoms. The van der Waals surface area contributed by atoms with Gasteiger partial charge in [-0.05, 0) is 12.3 Å². The van der Waals surface area contributed by atoms with Crippen LogP contribution < -0.4 is 0 Å². The zero-order valence-corrected chi connectivity index (χ0v) is 10.1. The van der Waals surface area contributed by atoms with E-state index in [2.05, 4.69) is 15.1 Å². The second-order valence-electron chi connectivity index (χ2n) is 3.53. The lowest BCUT2D eigenvalue weighted by atomic mass is 10.3. The van der Waals surface area contributed by atoms with Crippen molar-refractivity contribution in [2.75, 3.05) is 6.26 Å². The van der Waals surface area contributed by atoms with Crippen LogP contribution in [0, 0.1) is 0 Å². The molecule has 0 bridgehead atoms. The summed E-state index contributed by atoms with van der Waals surface area (Å²) in [5.74, 6) is 0.792. The fourth-order valence-corrected chi connectivity index (χ4v) is 1.99.